The van der Waals surface area contributed by atoms with E-state index >= 15 is 0 Å². The first kappa shape index (κ1) is 23.1. The fourth-order valence-corrected chi connectivity index (χ4v) is 4.97. The van der Waals surface area contributed by atoms with Crippen LogP contribution in [0.2, 0.25) is 5.02 Å². The van der Waals surface area contributed by atoms with E-state index in [1.54, 1.807) is 42.5 Å². The minimum Gasteiger partial charge on any atom is -0.372 e. The van der Waals surface area contributed by atoms with Crippen molar-refractivity contribution in [1.82, 2.24) is 0 Å². The number of sulfonamides is 1. The van der Waals surface area contributed by atoms with Gasteiger partial charge in [-0.1, -0.05) is 29.8 Å². The van der Waals surface area contributed by atoms with E-state index < -0.39 is 10.0 Å². The number of halogens is 1. The van der Waals surface area contributed by atoms with E-state index in [-0.39, 0.29) is 12.5 Å². The second kappa shape index (κ2) is 9.85. The van der Waals surface area contributed by atoms with Crippen LogP contribution in [-0.2, 0) is 16.6 Å². The molecule has 172 valence electrons. The molecule has 0 bridgehead atoms. The highest BCUT2D eigenvalue weighted by molar-refractivity contribution is 7.92. The zero-order valence-corrected chi connectivity index (χ0v) is 19.9. The van der Waals surface area contributed by atoms with E-state index in [4.69, 9.17) is 11.6 Å². The summed E-state index contributed by atoms with van der Waals surface area (Å²) in [5.41, 5.74) is 3.47. The molecule has 3 aromatic carbocycles. The smallest absolute Gasteiger partial charge is 0.255 e. The summed E-state index contributed by atoms with van der Waals surface area (Å²) in [6.07, 6.45) is 3.57. The molecule has 1 fully saturated rings. The summed E-state index contributed by atoms with van der Waals surface area (Å²) in [6.45, 7) is 2.24. The van der Waals surface area contributed by atoms with Crippen LogP contribution in [0.15, 0.2) is 72.8 Å². The Kier molecular flexibility index (Phi) is 6.91. The van der Waals surface area contributed by atoms with Crippen molar-refractivity contribution in [2.75, 3.05) is 33.9 Å². The van der Waals surface area contributed by atoms with Crippen molar-refractivity contribution in [3.63, 3.8) is 0 Å². The number of hydrogen-bond donors (Lipinski definition) is 1. The van der Waals surface area contributed by atoms with E-state index in [1.807, 2.05) is 30.3 Å². The van der Waals surface area contributed by atoms with Gasteiger partial charge in [0.15, 0.2) is 0 Å². The fraction of sp³-hybridized carbons (Fsp3) is 0.240. The number of hydrogen-bond acceptors (Lipinski definition) is 4. The molecule has 1 saturated heterocycles. The number of anilines is 3. The molecule has 33 heavy (non-hydrogen) atoms. The van der Waals surface area contributed by atoms with Gasteiger partial charge in [0.2, 0.25) is 10.0 Å². The number of carbonyl (C=O) groups excluding carboxylic acids is 1. The number of nitrogens with zero attached hydrogens (tertiary/aromatic N) is 2. The van der Waals surface area contributed by atoms with Gasteiger partial charge in [0, 0.05) is 35.1 Å². The van der Waals surface area contributed by atoms with Gasteiger partial charge in [0.25, 0.3) is 5.91 Å². The maximum absolute atomic E-state index is 12.7. The molecule has 4 rings (SSSR count). The van der Waals surface area contributed by atoms with Crippen molar-refractivity contribution >= 4 is 44.6 Å². The molecule has 0 saturated carbocycles. The molecule has 1 heterocycles. The Balaban J connectivity index is 1.46. The third-order valence-corrected chi connectivity index (χ3v) is 7.20. The average molecular weight is 484 g/mol. The van der Waals surface area contributed by atoms with Crippen LogP contribution >= 0.6 is 11.6 Å². The lowest BCUT2D eigenvalue weighted by Crippen LogP contribution is -2.29. The first-order valence-electron chi connectivity index (χ1n) is 10.8. The van der Waals surface area contributed by atoms with Crippen LogP contribution in [0.25, 0.3) is 0 Å². The van der Waals surface area contributed by atoms with Gasteiger partial charge in [-0.05, 0) is 73.0 Å². The number of carbonyl (C=O) groups is 1. The fourth-order valence-electron chi connectivity index (χ4n) is 3.89. The molecule has 1 amide bonds. The van der Waals surface area contributed by atoms with E-state index in [9.17, 15) is 13.2 Å². The molecule has 3 aromatic rings. The highest BCUT2D eigenvalue weighted by Gasteiger charge is 2.20. The molecule has 0 aromatic heterocycles. The van der Waals surface area contributed by atoms with E-state index in [1.165, 1.54) is 17.1 Å². The first-order chi connectivity index (χ1) is 15.8. The Hall–Kier alpha value is -3.03. The molecule has 1 N–H and O–H groups in total. The molecule has 1 aliphatic rings. The molecule has 0 spiro atoms. The van der Waals surface area contributed by atoms with Crippen LogP contribution in [0.4, 0.5) is 17.1 Å². The normalized spacial score (nSPS) is 13.7. The van der Waals surface area contributed by atoms with Crippen LogP contribution in [0.1, 0.15) is 28.8 Å². The third kappa shape index (κ3) is 5.67. The second-order valence-electron chi connectivity index (χ2n) is 8.10. The van der Waals surface area contributed by atoms with Gasteiger partial charge >= 0.3 is 0 Å². The Labute approximate surface area is 199 Å². The molecule has 1 aliphatic heterocycles. The summed E-state index contributed by atoms with van der Waals surface area (Å²) in [4.78, 5) is 15.0. The summed E-state index contributed by atoms with van der Waals surface area (Å²) in [5.74, 6) is -0.257. The van der Waals surface area contributed by atoms with E-state index in [0.717, 1.165) is 25.0 Å². The molecular weight excluding hydrogens is 458 g/mol. The summed E-state index contributed by atoms with van der Waals surface area (Å²) >= 11 is 6.22. The molecule has 6 nitrogen and oxygen atoms in total. The second-order valence-corrected chi connectivity index (χ2v) is 10.4. The maximum atomic E-state index is 12.7. The van der Waals surface area contributed by atoms with E-state index in [2.05, 4.69) is 10.2 Å². The van der Waals surface area contributed by atoms with Gasteiger partial charge in [-0.2, -0.15) is 0 Å². The van der Waals surface area contributed by atoms with Gasteiger partial charge in [0.05, 0.1) is 18.5 Å². The standard InChI is InChI=1S/C25H26ClN3O3S/c1-33(31,32)29(18-20-6-2-3-7-24(20)26)23-12-8-19(9-13-23)25(30)27-21-10-14-22(15-11-21)28-16-4-5-17-28/h2-3,6-15H,4-5,16-18H2,1H3,(H,27,30). The first-order valence-corrected chi connectivity index (χ1v) is 13.0. The molecule has 0 unspecified atom stereocenters. The van der Waals surface area contributed by atoms with Crippen LogP contribution in [-0.4, -0.2) is 33.7 Å². The molecule has 0 atom stereocenters. The summed E-state index contributed by atoms with van der Waals surface area (Å²) in [6, 6.07) is 21.4. The summed E-state index contributed by atoms with van der Waals surface area (Å²) < 4.78 is 26.1. The predicted molar refractivity (Wildman–Crippen MR) is 135 cm³/mol. The predicted octanol–water partition coefficient (Wildman–Crippen LogP) is 5.16. The summed E-state index contributed by atoms with van der Waals surface area (Å²) in [7, 11) is -3.56. The zero-order valence-electron chi connectivity index (χ0n) is 18.4. The van der Waals surface area contributed by atoms with Gasteiger partial charge in [-0.25, -0.2) is 8.42 Å². The molecule has 8 heteroatoms. The Morgan fingerprint density at radius 3 is 2.21 bits per heavy atom. The van der Waals surface area contributed by atoms with Gasteiger partial charge < -0.3 is 10.2 Å². The van der Waals surface area contributed by atoms with Crippen molar-refractivity contribution in [3.8, 4) is 0 Å². The number of rotatable bonds is 7. The van der Waals surface area contributed by atoms with Gasteiger partial charge in [-0.15, -0.1) is 0 Å². The highest BCUT2D eigenvalue weighted by atomic mass is 35.5. The Bertz CT molecular complexity index is 1220. The maximum Gasteiger partial charge on any atom is 0.255 e. The van der Waals surface area contributed by atoms with Crippen LogP contribution in [0.5, 0.6) is 0 Å². The minimum absolute atomic E-state index is 0.105. The Morgan fingerprint density at radius 1 is 0.970 bits per heavy atom. The lowest BCUT2D eigenvalue weighted by Gasteiger charge is -2.23. The van der Waals surface area contributed by atoms with Crippen LogP contribution in [0, 0.1) is 0 Å². The quantitative estimate of drug-likeness (QED) is 0.504. The van der Waals surface area contributed by atoms with Crippen molar-refractivity contribution < 1.29 is 13.2 Å². The van der Waals surface area contributed by atoms with Crippen molar-refractivity contribution in [3.05, 3.63) is 88.9 Å². The van der Waals surface area contributed by atoms with Crippen molar-refractivity contribution in [2.45, 2.75) is 19.4 Å². The molecular formula is C25H26ClN3O3S. The van der Waals surface area contributed by atoms with Crippen LogP contribution in [0.3, 0.4) is 0 Å². The summed E-state index contributed by atoms with van der Waals surface area (Å²) in [5, 5.41) is 3.39. The third-order valence-electron chi connectivity index (χ3n) is 5.69. The monoisotopic (exact) mass is 483 g/mol. The Morgan fingerprint density at radius 2 is 1.61 bits per heavy atom. The largest absolute Gasteiger partial charge is 0.372 e. The van der Waals surface area contributed by atoms with Crippen LogP contribution < -0.4 is 14.5 Å². The highest BCUT2D eigenvalue weighted by Crippen LogP contribution is 2.25. The average Bonchev–Trinajstić information content (AvgIpc) is 3.33. The molecule has 0 aliphatic carbocycles. The zero-order chi connectivity index (χ0) is 23.4. The van der Waals surface area contributed by atoms with Gasteiger partial charge in [-0.3, -0.25) is 9.10 Å². The topological polar surface area (TPSA) is 69.7 Å². The SMILES string of the molecule is CS(=O)(=O)N(Cc1ccccc1Cl)c1ccc(C(=O)Nc2ccc(N3CCCC3)cc2)cc1. The lowest BCUT2D eigenvalue weighted by atomic mass is 10.1. The lowest BCUT2D eigenvalue weighted by molar-refractivity contribution is 0.102. The van der Waals surface area contributed by atoms with Crippen molar-refractivity contribution in [1.29, 1.82) is 0 Å². The minimum atomic E-state index is -3.56. The number of benzene rings is 3. The van der Waals surface area contributed by atoms with Crippen molar-refractivity contribution in [2.24, 2.45) is 0 Å². The molecule has 0 radical (unpaired) electrons. The number of nitrogens with one attached hydrogen (secondary N) is 1. The number of amides is 1. The van der Waals surface area contributed by atoms with Gasteiger partial charge in [0.1, 0.15) is 0 Å². The van der Waals surface area contributed by atoms with E-state index in [0.29, 0.717) is 27.5 Å².